The second-order valence-electron chi connectivity index (χ2n) is 4.19. The summed E-state index contributed by atoms with van der Waals surface area (Å²) in [5.74, 6) is 0.0399. The summed E-state index contributed by atoms with van der Waals surface area (Å²) in [6.45, 7) is 0.508. The maximum Gasteiger partial charge on any atom is 0.264 e. The lowest BCUT2D eigenvalue weighted by Gasteiger charge is -2.29. The number of nitrogens with zero attached hydrogens (tertiary/aromatic N) is 1. The van der Waals surface area contributed by atoms with Gasteiger partial charge in [-0.05, 0) is 6.07 Å². The van der Waals surface area contributed by atoms with Gasteiger partial charge in [0, 0.05) is 19.0 Å². The molecule has 3 rings (SSSR count). The highest BCUT2D eigenvalue weighted by Gasteiger charge is 2.50. The summed E-state index contributed by atoms with van der Waals surface area (Å²) in [4.78, 5) is 14.0. The fourth-order valence-corrected chi connectivity index (χ4v) is 2.51. The molecule has 1 atom stereocenters. The zero-order valence-electron chi connectivity index (χ0n) is 9.14. The predicted octanol–water partition coefficient (Wildman–Crippen LogP) is 1.83. The van der Waals surface area contributed by atoms with Gasteiger partial charge in [-0.15, -0.1) is 0 Å². The second-order valence-corrected chi connectivity index (χ2v) is 4.19. The first-order valence-corrected chi connectivity index (χ1v) is 5.42. The van der Waals surface area contributed by atoms with Gasteiger partial charge >= 0.3 is 0 Å². The average molecular weight is 215 g/mol. The molecule has 3 heteroatoms. The Kier molecular flexibility index (Phi) is 1.91. The number of hydrogen-bond acceptors (Lipinski definition) is 2. The average Bonchev–Trinajstić information content (AvgIpc) is 2.55. The van der Waals surface area contributed by atoms with Crippen molar-refractivity contribution in [3.05, 3.63) is 42.0 Å². The molecule has 0 aliphatic carbocycles. The normalized spacial score (nSPS) is 27.6. The highest BCUT2D eigenvalue weighted by molar-refractivity contribution is 6.06. The lowest BCUT2D eigenvalue weighted by atomic mass is 9.90. The molecule has 1 unspecified atom stereocenters. The van der Waals surface area contributed by atoms with Crippen molar-refractivity contribution < 1.29 is 9.53 Å². The maximum absolute atomic E-state index is 12.3. The summed E-state index contributed by atoms with van der Waals surface area (Å²) in [7, 11) is 1.80. The van der Waals surface area contributed by atoms with Crippen LogP contribution in [0.1, 0.15) is 12.0 Å². The smallest absolute Gasteiger partial charge is 0.264 e. The molecule has 2 aliphatic heterocycles. The number of anilines is 1. The van der Waals surface area contributed by atoms with Gasteiger partial charge in [-0.3, -0.25) is 4.79 Å². The van der Waals surface area contributed by atoms with E-state index in [-0.39, 0.29) is 5.91 Å². The number of hydrogen-bond donors (Lipinski definition) is 0. The Bertz CT molecular complexity index is 481. The van der Waals surface area contributed by atoms with E-state index in [2.05, 4.69) is 0 Å². The van der Waals surface area contributed by atoms with Crippen LogP contribution in [-0.2, 0) is 15.1 Å². The van der Waals surface area contributed by atoms with Crippen molar-refractivity contribution >= 4 is 11.6 Å². The van der Waals surface area contributed by atoms with Crippen LogP contribution in [0.4, 0.5) is 5.69 Å². The van der Waals surface area contributed by atoms with Gasteiger partial charge in [0.2, 0.25) is 0 Å². The minimum atomic E-state index is -0.764. The molecule has 1 aromatic rings. The Labute approximate surface area is 94.3 Å². The molecule has 0 fully saturated rings. The van der Waals surface area contributed by atoms with Crippen molar-refractivity contribution in [3.8, 4) is 0 Å². The highest BCUT2D eigenvalue weighted by Crippen LogP contribution is 2.45. The molecule has 82 valence electrons. The van der Waals surface area contributed by atoms with Gasteiger partial charge in [0.05, 0.1) is 12.3 Å². The van der Waals surface area contributed by atoms with Gasteiger partial charge in [0.25, 0.3) is 5.91 Å². The Morgan fingerprint density at radius 1 is 1.31 bits per heavy atom. The molecule has 0 aromatic heterocycles. The minimum Gasteiger partial charge on any atom is -0.356 e. The maximum atomic E-state index is 12.3. The lowest BCUT2D eigenvalue weighted by Crippen LogP contribution is -2.41. The first-order valence-electron chi connectivity index (χ1n) is 5.42. The highest BCUT2D eigenvalue weighted by atomic mass is 16.5. The van der Waals surface area contributed by atoms with Crippen LogP contribution in [-0.4, -0.2) is 19.6 Å². The topological polar surface area (TPSA) is 29.5 Å². The third-order valence-electron chi connectivity index (χ3n) is 3.35. The Morgan fingerprint density at radius 2 is 2.12 bits per heavy atom. The third-order valence-corrected chi connectivity index (χ3v) is 3.35. The van der Waals surface area contributed by atoms with Crippen LogP contribution in [0, 0.1) is 0 Å². The number of ether oxygens (including phenoxy) is 1. The number of benzene rings is 1. The van der Waals surface area contributed by atoms with Gasteiger partial charge < -0.3 is 9.64 Å². The summed E-state index contributed by atoms with van der Waals surface area (Å²) in [6.07, 6.45) is 4.62. The largest absolute Gasteiger partial charge is 0.356 e. The fraction of sp³-hybridized carbons (Fsp3) is 0.308. The molecule has 3 nitrogen and oxygen atoms in total. The quantitative estimate of drug-likeness (QED) is 0.618. The number of carbonyl (C=O) groups excluding carboxylic acids is 1. The number of amides is 1. The number of likely N-dealkylation sites (N-methyl/N-ethyl adjacent to an activating group) is 1. The van der Waals surface area contributed by atoms with Crippen LogP contribution in [0.2, 0.25) is 0 Å². The SMILES string of the molecule is CN1C(=O)C2(CC=CCO2)c2ccccc21. The van der Waals surface area contributed by atoms with Crippen LogP contribution < -0.4 is 4.90 Å². The summed E-state index contributed by atoms with van der Waals surface area (Å²) in [5, 5.41) is 0. The number of fused-ring (bicyclic) bond motifs is 2. The number of carbonyl (C=O) groups is 1. The molecule has 1 amide bonds. The number of rotatable bonds is 0. The van der Waals surface area contributed by atoms with E-state index in [0.29, 0.717) is 13.0 Å². The van der Waals surface area contributed by atoms with Crippen molar-refractivity contribution in [2.45, 2.75) is 12.0 Å². The Hall–Kier alpha value is -1.61. The van der Waals surface area contributed by atoms with Crippen LogP contribution in [0.25, 0.3) is 0 Å². The van der Waals surface area contributed by atoms with Crippen molar-refractivity contribution in [1.29, 1.82) is 0 Å². The van der Waals surface area contributed by atoms with E-state index >= 15 is 0 Å². The fourth-order valence-electron chi connectivity index (χ4n) is 2.51. The summed E-state index contributed by atoms with van der Waals surface area (Å²) < 4.78 is 5.76. The summed E-state index contributed by atoms with van der Waals surface area (Å²) in [5.41, 5.74) is 1.19. The van der Waals surface area contributed by atoms with E-state index in [0.717, 1.165) is 11.3 Å². The number of para-hydroxylation sites is 1. The molecule has 2 heterocycles. The standard InChI is InChI=1S/C13H13NO2/c1-14-11-7-3-2-6-10(11)13(12(14)15)8-4-5-9-16-13/h2-7H,8-9H2,1H3. The Balaban J connectivity index is 2.20. The summed E-state index contributed by atoms with van der Waals surface area (Å²) in [6, 6.07) is 7.84. The predicted molar refractivity (Wildman–Crippen MR) is 61.2 cm³/mol. The van der Waals surface area contributed by atoms with E-state index < -0.39 is 5.60 Å². The van der Waals surface area contributed by atoms with E-state index in [1.54, 1.807) is 11.9 Å². The van der Waals surface area contributed by atoms with Crippen molar-refractivity contribution in [3.63, 3.8) is 0 Å². The minimum absolute atomic E-state index is 0.0399. The van der Waals surface area contributed by atoms with Crippen molar-refractivity contribution in [2.75, 3.05) is 18.6 Å². The molecular weight excluding hydrogens is 202 g/mol. The molecule has 2 aliphatic rings. The molecule has 0 bridgehead atoms. The lowest BCUT2D eigenvalue weighted by molar-refractivity contribution is -0.142. The van der Waals surface area contributed by atoms with E-state index in [1.807, 2.05) is 36.4 Å². The van der Waals surface area contributed by atoms with Crippen LogP contribution >= 0.6 is 0 Å². The molecule has 16 heavy (non-hydrogen) atoms. The first-order chi connectivity index (χ1) is 7.76. The van der Waals surface area contributed by atoms with Gasteiger partial charge in [0.1, 0.15) is 0 Å². The zero-order chi connectivity index (χ0) is 11.2. The van der Waals surface area contributed by atoms with Crippen molar-refractivity contribution in [2.24, 2.45) is 0 Å². The third kappa shape index (κ3) is 1.04. The van der Waals surface area contributed by atoms with Crippen LogP contribution in [0.5, 0.6) is 0 Å². The second kappa shape index (κ2) is 3.19. The van der Waals surface area contributed by atoms with Crippen molar-refractivity contribution in [1.82, 2.24) is 0 Å². The molecule has 0 radical (unpaired) electrons. The molecule has 0 saturated heterocycles. The van der Waals surface area contributed by atoms with Gasteiger partial charge in [0.15, 0.2) is 5.60 Å². The zero-order valence-corrected chi connectivity index (χ0v) is 9.14. The molecule has 0 N–H and O–H groups in total. The monoisotopic (exact) mass is 215 g/mol. The van der Waals surface area contributed by atoms with E-state index in [1.165, 1.54) is 0 Å². The molecule has 0 saturated carbocycles. The molecule has 1 spiro atoms. The van der Waals surface area contributed by atoms with Gasteiger partial charge in [-0.1, -0.05) is 30.4 Å². The summed E-state index contributed by atoms with van der Waals surface area (Å²) >= 11 is 0. The van der Waals surface area contributed by atoms with Crippen LogP contribution in [0.15, 0.2) is 36.4 Å². The van der Waals surface area contributed by atoms with Crippen LogP contribution in [0.3, 0.4) is 0 Å². The molecular formula is C13H13NO2. The van der Waals surface area contributed by atoms with E-state index in [4.69, 9.17) is 4.74 Å². The first kappa shape index (κ1) is 9.60. The van der Waals surface area contributed by atoms with Gasteiger partial charge in [-0.2, -0.15) is 0 Å². The Morgan fingerprint density at radius 3 is 2.88 bits per heavy atom. The van der Waals surface area contributed by atoms with Gasteiger partial charge in [-0.25, -0.2) is 0 Å². The van der Waals surface area contributed by atoms with E-state index in [9.17, 15) is 4.79 Å². The molecule has 1 aromatic carbocycles.